The summed E-state index contributed by atoms with van der Waals surface area (Å²) in [5.74, 6) is 1.14. The summed E-state index contributed by atoms with van der Waals surface area (Å²) in [5, 5.41) is 18.7. The summed E-state index contributed by atoms with van der Waals surface area (Å²) < 4.78 is 7.68. The van der Waals surface area contributed by atoms with Crippen molar-refractivity contribution in [1.82, 2.24) is 34.9 Å². The number of nitrogens with zero attached hydrogens (tertiary/aromatic N) is 7. The number of carbonyl (C=O) groups is 1. The molecule has 4 heterocycles. The molecule has 0 aromatic carbocycles. The number of unbranched alkanes of at least 4 members (excludes halogenated alkanes) is 2. The van der Waals surface area contributed by atoms with E-state index in [-0.39, 0.29) is 17.9 Å². The lowest BCUT2D eigenvalue weighted by Gasteiger charge is -2.19. The van der Waals surface area contributed by atoms with Crippen molar-refractivity contribution in [3.05, 3.63) is 30.0 Å². The fourth-order valence-electron chi connectivity index (χ4n) is 4.31. The first-order chi connectivity index (χ1) is 17.2. The van der Waals surface area contributed by atoms with Crippen molar-refractivity contribution in [2.75, 3.05) is 5.73 Å². The molecular formula is C25H30N8O3. The summed E-state index contributed by atoms with van der Waals surface area (Å²) in [6.07, 6.45) is 10.5. The number of nitrogens with two attached hydrogens (primary N) is 1. The normalized spacial score (nSPS) is 14.0. The fourth-order valence-corrected chi connectivity index (χ4v) is 4.31. The first kappa shape index (κ1) is 23.8. The number of hydrogen-bond acceptors (Lipinski definition) is 9. The van der Waals surface area contributed by atoms with Crippen LogP contribution in [-0.4, -0.2) is 45.9 Å². The number of fused-ring (bicyclic) bond motifs is 1. The second-order valence-electron chi connectivity index (χ2n) is 10.3. The van der Waals surface area contributed by atoms with Crippen LogP contribution in [0.15, 0.2) is 23.2 Å². The quantitative estimate of drug-likeness (QED) is 0.323. The maximum atomic E-state index is 10.7. The minimum atomic E-state index is -0.757. The Morgan fingerprint density at radius 1 is 1.11 bits per heavy atom. The zero-order valence-corrected chi connectivity index (χ0v) is 20.7. The molecule has 0 saturated heterocycles. The van der Waals surface area contributed by atoms with E-state index < -0.39 is 5.97 Å². The van der Waals surface area contributed by atoms with E-state index in [1.165, 1.54) is 6.33 Å². The third-order valence-corrected chi connectivity index (χ3v) is 6.31. The molecule has 11 nitrogen and oxygen atoms in total. The Kier molecular flexibility index (Phi) is 6.15. The van der Waals surface area contributed by atoms with E-state index in [1.807, 2.05) is 37.8 Å². The summed E-state index contributed by atoms with van der Waals surface area (Å²) in [6.45, 7) is 6.14. The Balaban J connectivity index is 1.51. The second kappa shape index (κ2) is 9.29. The van der Waals surface area contributed by atoms with Crippen molar-refractivity contribution in [2.45, 2.75) is 77.2 Å². The summed E-state index contributed by atoms with van der Waals surface area (Å²) in [4.78, 5) is 28.7. The lowest BCUT2D eigenvalue weighted by molar-refractivity contribution is -0.137. The Hall–Kier alpha value is -3.89. The third kappa shape index (κ3) is 4.65. The van der Waals surface area contributed by atoms with Crippen LogP contribution in [0.5, 0.6) is 0 Å². The highest BCUT2D eigenvalue weighted by atomic mass is 16.5. The molecule has 1 aliphatic rings. The van der Waals surface area contributed by atoms with Gasteiger partial charge >= 0.3 is 5.97 Å². The van der Waals surface area contributed by atoms with E-state index in [9.17, 15) is 4.79 Å². The summed E-state index contributed by atoms with van der Waals surface area (Å²) in [7, 11) is 0. The van der Waals surface area contributed by atoms with Crippen molar-refractivity contribution in [3.8, 4) is 22.8 Å². The fraction of sp³-hybridized carbons (Fsp3) is 0.480. The number of rotatable bonds is 9. The van der Waals surface area contributed by atoms with Gasteiger partial charge in [-0.05, 0) is 58.4 Å². The Morgan fingerprint density at radius 2 is 1.86 bits per heavy atom. The average molecular weight is 491 g/mol. The van der Waals surface area contributed by atoms with Crippen LogP contribution in [0.1, 0.15) is 76.5 Å². The van der Waals surface area contributed by atoms with E-state index in [2.05, 4.69) is 25.1 Å². The van der Waals surface area contributed by atoms with Crippen molar-refractivity contribution in [2.24, 2.45) is 0 Å². The smallest absolute Gasteiger partial charge is 0.303 e. The molecule has 0 bridgehead atoms. The molecule has 4 aromatic rings. The molecule has 1 aliphatic carbocycles. The number of carboxylic acid groups (broad SMARTS) is 1. The molecule has 0 aliphatic heterocycles. The van der Waals surface area contributed by atoms with Crippen molar-refractivity contribution in [3.63, 3.8) is 0 Å². The minimum absolute atomic E-state index is 0.199. The van der Waals surface area contributed by atoms with Crippen LogP contribution in [0, 0.1) is 0 Å². The Labute approximate surface area is 208 Å². The number of aryl methyl sites for hydroxylation is 1. The van der Waals surface area contributed by atoms with Crippen LogP contribution < -0.4 is 5.73 Å². The number of hydrogen-bond donors (Lipinski definition) is 2. The maximum Gasteiger partial charge on any atom is 0.303 e. The first-order valence-corrected chi connectivity index (χ1v) is 12.3. The Bertz CT molecular complexity index is 1400. The predicted octanol–water partition coefficient (Wildman–Crippen LogP) is 4.34. The van der Waals surface area contributed by atoms with Crippen LogP contribution in [0.25, 0.3) is 33.8 Å². The predicted molar refractivity (Wildman–Crippen MR) is 133 cm³/mol. The lowest BCUT2D eigenvalue weighted by Crippen LogP contribution is -2.23. The molecule has 36 heavy (non-hydrogen) atoms. The molecule has 4 aromatic heterocycles. The van der Waals surface area contributed by atoms with Gasteiger partial charge in [-0.25, -0.2) is 24.6 Å². The van der Waals surface area contributed by atoms with Gasteiger partial charge in [-0.15, -0.1) is 0 Å². The summed E-state index contributed by atoms with van der Waals surface area (Å²) in [5.41, 5.74) is 9.40. The molecule has 0 amide bonds. The molecule has 0 atom stereocenters. The van der Waals surface area contributed by atoms with E-state index >= 15 is 0 Å². The highest BCUT2D eigenvalue weighted by Crippen LogP contribution is 2.47. The van der Waals surface area contributed by atoms with Crippen molar-refractivity contribution in [1.29, 1.82) is 0 Å². The second-order valence-corrected chi connectivity index (χ2v) is 10.3. The third-order valence-electron chi connectivity index (χ3n) is 6.31. The topological polar surface area (TPSA) is 159 Å². The van der Waals surface area contributed by atoms with E-state index in [0.29, 0.717) is 40.5 Å². The van der Waals surface area contributed by atoms with Gasteiger partial charge in [0.2, 0.25) is 0 Å². The van der Waals surface area contributed by atoms with E-state index in [4.69, 9.17) is 20.5 Å². The van der Waals surface area contributed by atoms with Gasteiger partial charge in [0.25, 0.3) is 0 Å². The first-order valence-electron chi connectivity index (χ1n) is 12.3. The molecule has 11 heteroatoms. The molecule has 3 N–H and O–H groups in total. The largest absolute Gasteiger partial charge is 0.481 e. The molecule has 1 fully saturated rings. The van der Waals surface area contributed by atoms with E-state index in [0.717, 1.165) is 49.0 Å². The van der Waals surface area contributed by atoms with Crippen molar-refractivity contribution >= 4 is 22.8 Å². The SMILES string of the molecule is CC(C)(C)n1nc(-c2noc(C3CC3)c2-c2ncc(CCCCCC(=O)O)cn2)c2c(N)ncnc21. The molecule has 1 saturated carbocycles. The van der Waals surface area contributed by atoms with Crippen LogP contribution in [0.3, 0.4) is 0 Å². The van der Waals surface area contributed by atoms with Crippen LogP contribution in [0.4, 0.5) is 5.82 Å². The van der Waals surface area contributed by atoms with Gasteiger partial charge in [-0.1, -0.05) is 11.6 Å². The standard InChI is InChI=1S/C25H30N8O3/c1-25(2,3)33-24-18(22(26)29-13-30-24)19(31-33)20-17(21(36-32-20)15-9-10-15)23-27-11-14(12-28-23)7-5-4-6-8-16(34)35/h11-13,15H,4-10H2,1-3H3,(H,34,35)(H2,26,29,30). The highest BCUT2D eigenvalue weighted by molar-refractivity contribution is 6.00. The van der Waals surface area contributed by atoms with Gasteiger partial charge in [-0.2, -0.15) is 5.10 Å². The number of anilines is 1. The molecule has 0 spiro atoms. The average Bonchev–Trinajstić information content (AvgIpc) is 3.44. The zero-order chi connectivity index (χ0) is 25.4. The van der Waals surface area contributed by atoms with Gasteiger partial charge in [-0.3, -0.25) is 4.79 Å². The summed E-state index contributed by atoms with van der Waals surface area (Å²) >= 11 is 0. The summed E-state index contributed by atoms with van der Waals surface area (Å²) in [6, 6.07) is 0. The molecule has 0 unspecified atom stereocenters. The van der Waals surface area contributed by atoms with E-state index in [1.54, 1.807) is 0 Å². The number of aromatic nitrogens is 7. The molecular weight excluding hydrogens is 460 g/mol. The molecule has 0 radical (unpaired) electrons. The molecule has 5 rings (SSSR count). The minimum Gasteiger partial charge on any atom is -0.481 e. The Morgan fingerprint density at radius 3 is 2.53 bits per heavy atom. The van der Waals surface area contributed by atoms with Crippen molar-refractivity contribution < 1.29 is 14.4 Å². The monoisotopic (exact) mass is 490 g/mol. The van der Waals surface area contributed by atoms with Crippen LogP contribution in [0.2, 0.25) is 0 Å². The lowest BCUT2D eigenvalue weighted by atomic mass is 10.1. The van der Waals surface area contributed by atoms with Crippen LogP contribution >= 0.6 is 0 Å². The van der Waals surface area contributed by atoms with Gasteiger partial charge in [0.15, 0.2) is 17.2 Å². The number of carboxylic acids is 1. The highest BCUT2D eigenvalue weighted by Gasteiger charge is 2.36. The van der Waals surface area contributed by atoms with Crippen LogP contribution in [-0.2, 0) is 16.8 Å². The maximum absolute atomic E-state index is 10.7. The van der Waals surface area contributed by atoms with Gasteiger partial charge in [0.1, 0.15) is 23.5 Å². The van der Waals surface area contributed by atoms with Gasteiger partial charge in [0, 0.05) is 24.7 Å². The van der Waals surface area contributed by atoms with Gasteiger partial charge < -0.3 is 15.4 Å². The number of nitrogen functional groups attached to an aromatic ring is 1. The number of aliphatic carboxylic acids is 1. The zero-order valence-electron chi connectivity index (χ0n) is 20.7. The molecule has 188 valence electrons. The van der Waals surface area contributed by atoms with Gasteiger partial charge in [0.05, 0.1) is 16.5 Å².